The number of hydrogen-bond donors (Lipinski definition) is 2. The zero-order valence-corrected chi connectivity index (χ0v) is 25.5. The Bertz CT molecular complexity index is 1730. The van der Waals surface area contributed by atoms with E-state index in [0.717, 1.165) is 46.9 Å². The molecule has 42 heavy (non-hydrogen) atoms. The van der Waals surface area contributed by atoms with Crippen molar-refractivity contribution in [3.05, 3.63) is 96.2 Å². The van der Waals surface area contributed by atoms with Crippen LogP contribution < -0.4 is 4.72 Å². The molecule has 3 unspecified atom stereocenters. The van der Waals surface area contributed by atoms with Crippen molar-refractivity contribution in [2.45, 2.75) is 69.6 Å². The van der Waals surface area contributed by atoms with Crippen LogP contribution in [0.5, 0.6) is 0 Å². The molecule has 4 aromatic rings. The summed E-state index contributed by atoms with van der Waals surface area (Å²) >= 11 is 0. The first-order valence-corrected chi connectivity index (χ1v) is 16.6. The van der Waals surface area contributed by atoms with E-state index >= 15 is 0 Å². The van der Waals surface area contributed by atoms with Gasteiger partial charge in [0.25, 0.3) is 10.0 Å². The Kier molecular flexibility index (Phi) is 7.61. The topological polar surface area (TPSA) is 79.0 Å². The SMILES string of the molecule is CC(C)(C)c1ccc(S(=O)(=O)Nc2ccc3[nH]c(C(=O)C4CC4CC4CC=CCCC4)c(-c4ccccc4)c3c2)cc1. The van der Waals surface area contributed by atoms with E-state index in [9.17, 15) is 13.2 Å². The quantitative estimate of drug-likeness (QED) is 0.161. The number of Topliss-reactive ketones (excluding diaryl/α,β-unsaturated/α-hetero) is 1. The molecule has 2 aliphatic carbocycles. The van der Waals surface area contributed by atoms with Gasteiger partial charge in [0.1, 0.15) is 0 Å². The van der Waals surface area contributed by atoms with E-state index in [1.165, 1.54) is 19.3 Å². The largest absolute Gasteiger partial charge is 0.352 e. The molecule has 1 saturated carbocycles. The summed E-state index contributed by atoms with van der Waals surface area (Å²) < 4.78 is 29.4. The van der Waals surface area contributed by atoms with Gasteiger partial charge >= 0.3 is 0 Å². The lowest BCUT2D eigenvalue weighted by molar-refractivity contribution is 0.0955. The van der Waals surface area contributed by atoms with E-state index in [1.54, 1.807) is 18.2 Å². The van der Waals surface area contributed by atoms with Gasteiger partial charge in [-0.2, -0.15) is 0 Å². The molecular weight excluding hydrogens is 540 g/mol. The predicted molar refractivity (Wildman–Crippen MR) is 171 cm³/mol. The van der Waals surface area contributed by atoms with Crippen LogP contribution in [-0.4, -0.2) is 19.2 Å². The third kappa shape index (κ3) is 5.96. The predicted octanol–water partition coefficient (Wildman–Crippen LogP) is 8.89. The van der Waals surface area contributed by atoms with Crippen molar-refractivity contribution in [2.75, 3.05) is 4.72 Å². The van der Waals surface area contributed by atoms with Gasteiger partial charge in [0.2, 0.25) is 0 Å². The third-order valence-electron chi connectivity index (χ3n) is 8.90. The number of allylic oxidation sites excluding steroid dienone is 2. The molecule has 0 radical (unpaired) electrons. The summed E-state index contributed by atoms with van der Waals surface area (Å²) in [4.78, 5) is 17.6. The fourth-order valence-electron chi connectivity index (χ4n) is 6.40. The van der Waals surface area contributed by atoms with Crippen LogP contribution in [0.25, 0.3) is 22.0 Å². The molecule has 2 N–H and O–H groups in total. The molecule has 6 heteroatoms. The van der Waals surface area contributed by atoms with Crippen molar-refractivity contribution in [1.29, 1.82) is 0 Å². The van der Waals surface area contributed by atoms with Crippen LogP contribution in [-0.2, 0) is 15.4 Å². The molecule has 5 nitrogen and oxygen atoms in total. The van der Waals surface area contributed by atoms with Gasteiger partial charge < -0.3 is 4.98 Å². The van der Waals surface area contributed by atoms with Crippen LogP contribution >= 0.6 is 0 Å². The van der Waals surface area contributed by atoms with Crippen LogP contribution in [0.3, 0.4) is 0 Å². The minimum Gasteiger partial charge on any atom is -0.352 e. The molecule has 0 spiro atoms. The van der Waals surface area contributed by atoms with Crippen molar-refractivity contribution in [3.8, 4) is 11.1 Å². The Labute approximate surface area is 249 Å². The van der Waals surface area contributed by atoms with E-state index in [4.69, 9.17) is 0 Å². The highest BCUT2D eigenvalue weighted by Gasteiger charge is 2.45. The molecule has 1 fully saturated rings. The summed E-state index contributed by atoms with van der Waals surface area (Å²) in [7, 11) is -3.79. The van der Waals surface area contributed by atoms with Gasteiger partial charge in [-0.1, -0.05) is 75.4 Å². The van der Waals surface area contributed by atoms with E-state index in [0.29, 0.717) is 23.2 Å². The Morgan fingerprint density at radius 2 is 1.74 bits per heavy atom. The van der Waals surface area contributed by atoms with Gasteiger partial charge in [-0.15, -0.1) is 0 Å². The van der Waals surface area contributed by atoms with E-state index < -0.39 is 10.0 Å². The first-order chi connectivity index (χ1) is 20.1. The number of rotatable bonds is 8. The Balaban J connectivity index is 1.29. The maximum atomic E-state index is 13.9. The van der Waals surface area contributed by atoms with Crippen molar-refractivity contribution in [2.24, 2.45) is 17.8 Å². The Morgan fingerprint density at radius 3 is 2.48 bits per heavy atom. The highest BCUT2D eigenvalue weighted by atomic mass is 32.2. The van der Waals surface area contributed by atoms with E-state index in [-0.39, 0.29) is 22.0 Å². The second-order valence-electron chi connectivity index (χ2n) is 13.1. The van der Waals surface area contributed by atoms with Crippen LogP contribution in [0.1, 0.15) is 75.3 Å². The molecule has 1 heterocycles. The summed E-state index contributed by atoms with van der Waals surface area (Å²) in [5, 5.41) is 0.832. The van der Waals surface area contributed by atoms with Gasteiger partial charge in [0.15, 0.2) is 5.78 Å². The molecule has 0 bridgehead atoms. The Morgan fingerprint density at radius 1 is 0.976 bits per heavy atom. The lowest BCUT2D eigenvalue weighted by Crippen LogP contribution is -2.14. The zero-order chi connectivity index (χ0) is 29.5. The summed E-state index contributed by atoms with van der Waals surface area (Å²) in [6.07, 6.45) is 11.4. The molecule has 0 amide bonds. The number of nitrogens with one attached hydrogen (secondary N) is 2. The minimum absolute atomic E-state index is 0.0433. The molecule has 0 saturated heterocycles. The lowest BCUT2D eigenvalue weighted by Gasteiger charge is -2.19. The van der Waals surface area contributed by atoms with Crippen molar-refractivity contribution < 1.29 is 13.2 Å². The number of aromatic amines is 1. The molecule has 1 aromatic heterocycles. The number of sulfonamides is 1. The second-order valence-corrected chi connectivity index (χ2v) is 14.8. The molecule has 3 atom stereocenters. The van der Waals surface area contributed by atoms with Crippen LogP contribution in [0.15, 0.2) is 89.8 Å². The van der Waals surface area contributed by atoms with Gasteiger partial charge in [0.05, 0.1) is 10.6 Å². The third-order valence-corrected chi connectivity index (χ3v) is 10.3. The van der Waals surface area contributed by atoms with Gasteiger partial charge in [0, 0.05) is 28.1 Å². The molecule has 3 aromatic carbocycles. The number of fused-ring (bicyclic) bond motifs is 1. The minimum atomic E-state index is -3.79. The first-order valence-electron chi connectivity index (χ1n) is 15.1. The molecule has 218 valence electrons. The summed E-state index contributed by atoms with van der Waals surface area (Å²) in [5.74, 6) is 1.32. The van der Waals surface area contributed by atoms with Crippen molar-refractivity contribution >= 4 is 32.4 Å². The number of hydrogen-bond acceptors (Lipinski definition) is 3. The fraction of sp³-hybridized carbons (Fsp3) is 0.361. The van der Waals surface area contributed by atoms with Crippen LogP contribution in [0.2, 0.25) is 0 Å². The zero-order valence-electron chi connectivity index (χ0n) is 24.7. The molecule has 6 rings (SSSR count). The fourth-order valence-corrected chi connectivity index (χ4v) is 7.45. The van der Waals surface area contributed by atoms with E-state index in [2.05, 4.69) is 42.6 Å². The van der Waals surface area contributed by atoms with Crippen LogP contribution in [0, 0.1) is 17.8 Å². The number of ketones is 1. The first kappa shape index (κ1) is 28.5. The number of anilines is 1. The number of carbonyl (C=O) groups is 1. The monoisotopic (exact) mass is 580 g/mol. The van der Waals surface area contributed by atoms with Gasteiger partial charge in [-0.25, -0.2) is 8.42 Å². The standard InChI is InChI=1S/C36H40N2O3S/c1-36(2,3)27-15-18-29(19-16-27)42(40,41)38-28-17-20-32-31(23-28)33(25-13-9-6-10-14-25)34(37-32)35(39)30-22-26(30)21-24-11-7-4-5-8-12-24/h4,6-7,9-10,13-20,23-24,26,30,37-38H,5,8,11-12,21-22H2,1-3H3. The second kappa shape index (κ2) is 11.2. The number of carbonyl (C=O) groups excluding carboxylic acids is 1. The van der Waals surface area contributed by atoms with Crippen molar-refractivity contribution in [3.63, 3.8) is 0 Å². The average molecular weight is 581 g/mol. The molecular formula is C36H40N2O3S. The van der Waals surface area contributed by atoms with Crippen LogP contribution in [0.4, 0.5) is 5.69 Å². The summed E-state index contributed by atoms with van der Waals surface area (Å²) in [6, 6.07) is 22.4. The number of H-pyrrole nitrogens is 1. The number of aromatic nitrogens is 1. The maximum absolute atomic E-state index is 13.9. The summed E-state index contributed by atoms with van der Waals surface area (Å²) in [6.45, 7) is 6.30. The van der Waals surface area contributed by atoms with E-state index in [1.807, 2.05) is 54.6 Å². The van der Waals surface area contributed by atoms with Gasteiger partial charge in [-0.3, -0.25) is 9.52 Å². The highest BCUT2D eigenvalue weighted by Crippen LogP contribution is 2.48. The normalized spacial score (nSPS) is 20.8. The average Bonchev–Trinajstić information content (AvgIpc) is 3.70. The summed E-state index contributed by atoms with van der Waals surface area (Å²) in [5.41, 5.74) is 4.70. The number of benzene rings is 3. The Hall–Kier alpha value is -3.64. The molecule has 2 aliphatic rings. The highest BCUT2D eigenvalue weighted by molar-refractivity contribution is 7.92. The lowest BCUT2D eigenvalue weighted by atomic mass is 9.87. The van der Waals surface area contributed by atoms with Crippen molar-refractivity contribution in [1.82, 2.24) is 4.98 Å². The smallest absolute Gasteiger partial charge is 0.261 e. The maximum Gasteiger partial charge on any atom is 0.261 e. The van der Waals surface area contributed by atoms with Gasteiger partial charge in [-0.05, 0) is 97.2 Å². The molecule has 0 aliphatic heterocycles.